The van der Waals surface area contributed by atoms with Crippen molar-refractivity contribution >= 4 is 34.2 Å². The smallest absolute Gasteiger partial charge is 0.249 e. The quantitative estimate of drug-likeness (QED) is 0.612. The first-order valence-corrected chi connectivity index (χ1v) is 9.42. The van der Waals surface area contributed by atoms with Crippen LogP contribution in [-0.2, 0) is 4.79 Å². The highest BCUT2D eigenvalue weighted by Gasteiger charge is 2.29. The van der Waals surface area contributed by atoms with E-state index in [-0.39, 0.29) is 11.2 Å². The Kier molecular flexibility index (Phi) is 4.84. The molecule has 3 aromatic carbocycles. The summed E-state index contributed by atoms with van der Waals surface area (Å²) in [6.07, 6.45) is 0.426. The molecule has 0 fully saturated rings. The van der Waals surface area contributed by atoms with Gasteiger partial charge in [0.1, 0.15) is 0 Å². The lowest BCUT2D eigenvalue weighted by Gasteiger charge is -2.30. The molecule has 1 amide bonds. The predicted octanol–water partition coefficient (Wildman–Crippen LogP) is 5.59. The van der Waals surface area contributed by atoms with Crippen molar-refractivity contribution in [2.45, 2.75) is 11.7 Å². The summed E-state index contributed by atoms with van der Waals surface area (Å²) in [5.41, 5.74) is 3.14. The van der Waals surface area contributed by atoms with Crippen LogP contribution in [0.15, 0.2) is 96.0 Å². The molecule has 0 N–H and O–H groups in total. The molecular formula is C22H18N2OS. The molecule has 1 atom stereocenters. The average molecular weight is 358 g/mol. The molecule has 1 aliphatic heterocycles. The van der Waals surface area contributed by atoms with Gasteiger partial charge in [-0.05, 0) is 29.8 Å². The number of nitrogens with zero attached hydrogens (tertiary/aromatic N) is 2. The van der Waals surface area contributed by atoms with Crippen molar-refractivity contribution in [1.82, 2.24) is 0 Å². The molecule has 1 heterocycles. The molecule has 3 nitrogen and oxygen atoms in total. The average Bonchev–Trinajstić information content (AvgIpc) is 2.70. The monoisotopic (exact) mass is 358 g/mol. The third kappa shape index (κ3) is 3.55. The van der Waals surface area contributed by atoms with Crippen molar-refractivity contribution in [2.75, 3.05) is 4.90 Å². The summed E-state index contributed by atoms with van der Waals surface area (Å²) in [7, 11) is 0. The molecule has 0 saturated heterocycles. The molecule has 4 heteroatoms. The number of amidine groups is 1. The van der Waals surface area contributed by atoms with Gasteiger partial charge in [0.05, 0.1) is 0 Å². The van der Waals surface area contributed by atoms with Crippen LogP contribution in [0.5, 0.6) is 0 Å². The molecule has 0 unspecified atom stereocenters. The highest BCUT2D eigenvalue weighted by atomic mass is 32.2. The van der Waals surface area contributed by atoms with Gasteiger partial charge in [-0.25, -0.2) is 0 Å². The van der Waals surface area contributed by atoms with E-state index in [9.17, 15) is 4.79 Å². The second-order valence-electron chi connectivity index (χ2n) is 6.02. The van der Waals surface area contributed by atoms with E-state index in [4.69, 9.17) is 0 Å². The van der Waals surface area contributed by atoms with Crippen LogP contribution in [0.3, 0.4) is 0 Å². The molecule has 26 heavy (non-hydrogen) atoms. The Balaban J connectivity index is 1.74. The van der Waals surface area contributed by atoms with Gasteiger partial charge >= 0.3 is 0 Å². The number of hydrogen-bond acceptors (Lipinski definition) is 3. The van der Waals surface area contributed by atoms with Gasteiger partial charge in [0.2, 0.25) is 5.91 Å². The minimum absolute atomic E-state index is 0.0751. The second kappa shape index (κ2) is 7.58. The van der Waals surface area contributed by atoms with Crippen LogP contribution in [0.2, 0.25) is 0 Å². The van der Waals surface area contributed by atoms with Crippen LogP contribution >= 0.6 is 11.8 Å². The van der Waals surface area contributed by atoms with E-state index in [1.807, 2.05) is 78.9 Å². The lowest BCUT2D eigenvalue weighted by molar-refractivity contribution is -0.117. The van der Waals surface area contributed by atoms with Crippen molar-refractivity contribution in [3.63, 3.8) is 0 Å². The summed E-state index contributed by atoms with van der Waals surface area (Å²) in [6, 6.07) is 30.3. The van der Waals surface area contributed by atoms with Crippen LogP contribution in [0, 0.1) is 0 Å². The van der Waals surface area contributed by atoms with Crippen molar-refractivity contribution in [3.05, 3.63) is 96.6 Å². The Morgan fingerprint density at radius 1 is 0.769 bits per heavy atom. The van der Waals surface area contributed by atoms with Crippen LogP contribution in [0.1, 0.15) is 17.2 Å². The molecule has 3 aromatic rings. The largest absolute Gasteiger partial charge is 0.289 e. The Bertz CT molecular complexity index is 871. The topological polar surface area (TPSA) is 32.7 Å². The molecule has 0 radical (unpaired) electrons. The minimum atomic E-state index is -0.0792. The highest BCUT2D eigenvalue weighted by molar-refractivity contribution is 8.14. The maximum atomic E-state index is 12.4. The number of hydrogen-bond donors (Lipinski definition) is 0. The van der Waals surface area contributed by atoms with Gasteiger partial charge in [0.25, 0.3) is 0 Å². The van der Waals surface area contributed by atoms with E-state index in [1.165, 1.54) is 0 Å². The first-order chi connectivity index (χ1) is 12.8. The fourth-order valence-electron chi connectivity index (χ4n) is 2.99. The zero-order chi connectivity index (χ0) is 17.8. The molecule has 0 saturated carbocycles. The van der Waals surface area contributed by atoms with Gasteiger partial charge in [-0.2, -0.15) is 4.99 Å². The van der Waals surface area contributed by atoms with Crippen molar-refractivity contribution in [1.29, 1.82) is 0 Å². The molecule has 0 aromatic heterocycles. The van der Waals surface area contributed by atoms with Gasteiger partial charge in [-0.15, -0.1) is 0 Å². The number of amides is 1. The van der Waals surface area contributed by atoms with Crippen molar-refractivity contribution in [3.8, 4) is 0 Å². The lowest BCUT2D eigenvalue weighted by atomic mass is 10.1. The Hall–Kier alpha value is -2.85. The summed E-state index contributed by atoms with van der Waals surface area (Å²) in [6.45, 7) is 0. The predicted molar refractivity (Wildman–Crippen MR) is 109 cm³/mol. The van der Waals surface area contributed by atoms with E-state index in [2.05, 4.69) is 22.0 Å². The molecule has 0 bridgehead atoms. The number of rotatable bonds is 3. The number of aliphatic imine (C=N–C) groups is 1. The van der Waals surface area contributed by atoms with Gasteiger partial charge in [-0.3, -0.25) is 9.69 Å². The standard InChI is InChI=1S/C22H18N2OS/c25-21-16-20(17-10-4-1-5-11-17)26-22(23-21)24(18-12-6-2-7-13-18)19-14-8-3-9-15-19/h1-15,20H,16H2/t20-/m0/s1. The maximum absolute atomic E-state index is 12.4. The SMILES string of the molecule is O=C1C[C@@H](c2ccccc2)SC(N(c2ccccc2)c2ccccc2)=N1. The maximum Gasteiger partial charge on any atom is 0.249 e. The summed E-state index contributed by atoms with van der Waals surface area (Å²) in [5, 5.41) is 0.790. The molecular weight excluding hydrogens is 340 g/mol. The van der Waals surface area contributed by atoms with Crippen molar-refractivity contribution in [2.24, 2.45) is 4.99 Å². The third-order valence-corrected chi connectivity index (χ3v) is 5.43. The normalized spacial score (nSPS) is 16.8. The summed E-state index contributed by atoms with van der Waals surface area (Å²) < 4.78 is 0. The van der Waals surface area contributed by atoms with Gasteiger partial charge in [0.15, 0.2) is 5.17 Å². The van der Waals surface area contributed by atoms with Crippen LogP contribution in [-0.4, -0.2) is 11.1 Å². The van der Waals surface area contributed by atoms with E-state index in [1.54, 1.807) is 11.8 Å². The molecule has 1 aliphatic rings. The molecule has 4 rings (SSSR count). The molecule has 128 valence electrons. The zero-order valence-corrected chi connectivity index (χ0v) is 15.0. The van der Waals surface area contributed by atoms with Gasteiger partial charge in [0, 0.05) is 23.0 Å². The first-order valence-electron chi connectivity index (χ1n) is 8.54. The van der Waals surface area contributed by atoms with E-state index in [0.717, 1.165) is 16.9 Å². The van der Waals surface area contributed by atoms with E-state index >= 15 is 0 Å². The summed E-state index contributed by atoms with van der Waals surface area (Å²) in [5.74, 6) is -0.0792. The number of thioether (sulfide) groups is 1. The first kappa shape index (κ1) is 16.6. The molecule has 0 spiro atoms. The Morgan fingerprint density at radius 2 is 1.27 bits per heavy atom. The van der Waals surface area contributed by atoms with E-state index in [0.29, 0.717) is 11.6 Å². The van der Waals surface area contributed by atoms with Gasteiger partial charge < -0.3 is 0 Å². The van der Waals surface area contributed by atoms with E-state index < -0.39 is 0 Å². The Labute approximate surface area is 157 Å². The fraction of sp³-hybridized carbons (Fsp3) is 0.0909. The Morgan fingerprint density at radius 3 is 1.81 bits per heavy atom. The van der Waals surface area contributed by atoms with Crippen molar-refractivity contribution < 1.29 is 4.79 Å². The summed E-state index contributed by atoms with van der Waals surface area (Å²) in [4.78, 5) is 18.8. The van der Waals surface area contributed by atoms with Crippen LogP contribution in [0.4, 0.5) is 11.4 Å². The molecule has 0 aliphatic carbocycles. The highest BCUT2D eigenvalue weighted by Crippen LogP contribution is 2.40. The van der Waals surface area contributed by atoms with Crippen LogP contribution in [0.25, 0.3) is 0 Å². The lowest BCUT2D eigenvalue weighted by Crippen LogP contribution is -2.28. The number of anilines is 2. The number of benzene rings is 3. The minimum Gasteiger partial charge on any atom is -0.289 e. The zero-order valence-electron chi connectivity index (χ0n) is 14.2. The van der Waals surface area contributed by atoms with Gasteiger partial charge in [-0.1, -0.05) is 78.5 Å². The number of carbonyl (C=O) groups excluding carboxylic acids is 1. The summed E-state index contributed by atoms with van der Waals surface area (Å²) >= 11 is 1.64. The number of carbonyl (C=O) groups is 1. The van der Waals surface area contributed by atoms with Crippen LogP contribution < -0.4 is 4.90 Å². The third-order valence-electron chi connectivity index (χ3n) is 4.22. The number of para-hydroxylation sites is 2. The second-order valence-corrected chi connectivity index (χ2v) is 7.19. The fourth-order valence-corrected chi connectivity index (χ4v) is 4.23.